The van der Waals surface area contributed by atoms with Crippen LogP contribution in [0.25, 0.3) is 0 Å². The lowest BCUT2D eigenvalue weighted by molar-refractivity contribution is -0.120. The molecule has 0 spiro atoms. The number of nitrogens with zero attached hydrogens (tertiary/aromatic N) is 3. The van der Waals surface area contributed by atoms with Gasteiger partial charge in [-0.2, -0.15) is 0 Å². The normalized spacial score (nSPS) is 10.7. The Labute approximate surface area is 201 Å². The fourth-order valence-corrected chi connectivity index (χ4v) is 3.78. The highest BCUT2D eigenvalue weighted by Crippen LogP contribution is 2.17. The molecule has 0 aliphatic rings. The van der Waals surface area contributed by atoms with Crippen LogP contribution < -0.4 is 10.6 Å². The summed E-state index contributed by atoms with van der Waals surface area (Å²) >= 11 is 7.11. The third kappa shape index (κ3) is 7.37. The summed E-state index contributed by atoms with van der Waals surface area (Å²) in [6.45, 7) is 3.89. The lowest BCUT2D eigenvalue weighted by Gasteiger charge is -2.26. The van der Waals surface area contributed by atoms with Gasteiger partial charge in [-0.3, -0.25) is 19.4 Å². The van der Waals surface area contributed by atoms with Gasteiger partial charge in [0.2, 0.25) is 11.8 Å². The summed E-state index contributed by atoms with van der Waals surface area (Å²) in [6, 6.07) is 11.8. The van der Waals surface area contributed by atoms with Gasteiger partial charge in [0.15, 0.2) is 5.13 Å². The second-order valence-corrected chi connectivity index (χ2v) is 8.79. The molecule has 10 heteroatoms. The van der Waals surface area contributed by atoms with Crippen LogP contribution in [-0.4, -0.2) is 45.2 Å². The lowest BCUT2D eigenvalue weighted by atomic mass is 10.1. The van der Waals surface area contributed by atoms with Gasteiger partial charge in [0.25, 0.3) is 5.91 Å². The van der Waals surface area contributed by atoms with Crippen LogP contribution in [-0.2, 0) is 22.6 Å². The zero-order valence-corrected chi connectivity index (χ0v) is 19.8. The van der Waals surface area contributed by atoms with Gasteiger partial charge in [0, 0.05) is 28.2 Å². The molecule has 0 saturated carbocycles. The molecule has 3 amide bonds. The Hall–Kier alpha value is -3.30. The number of carbonyl (C=O) groups is 3. The van der Waals surface area contributed by atoms with Crippen molar-refractivity contribution < 1.29 is 14.4 Å². The minimum Gasteiger partial charge on any atom is -0.350 e. The van der Waals surface area contributed by atoms with Gasteiger partial charge in [-0.05, 0) is 50.2 Å². The van der Waals surface area contributed by atoms with Gasteiger partial charge in [-0.25, -0.2) is 4.98 Å². The maximum atomic E-state index is 12.8. The monoisotopic (exact) mass is 485 g/mol. The number of amides is 3. The summed E-state index contributed by atoms with van der Waals surface area (Å²) in [5.74, 6) is -0.823. The van der Waals surface area contributed by atoms with Crippen LogP contribution in [0.5, 0.6) is 0 Å². The number of anilines is 1. The van der Waals surface area contributed by atoms with E-state index in [2.05, 4.69) is 20.6 Å². The summed E-state index contributed by atoms with van der Waals surface area (Å²) < 4.78 is 0. The lowest BCUT2D eigenvalue weighted by Crippen LogP contribution is -2.42. The predicted octanol–water partition coefficient (Wildman–Crippen LogP) is 3.54. The Morgan fingerprint density at radius 3 is 2.48 bits per heavy atom. The van der Waals surface area contributed by atoms with Crippen molar-refractivity contribution in [1.29, 1.82) is 0 Å². The maximum absolute atomic E-state index is 12.8. The Balaban J connectivity index is 1.52. The number of halogens is 1. The van der Waals surface area contributed by atoms with Crippen molar-refractivity contribution in [3.8, 4) is 0 Å². The van der Waals surface area contributed by atoms with Crippen molar-refractivity contribution in [2.45, 2.75) is 32.9 Å². The highest BCUT2D eigenvalue weighted by atomic mass is 35.5. The SMILES string of the molecule is CC(C)N(CC(=O)Nc1nc(CC(=O)NCc2ccccn2)cs1)C(=O)c1ccc(Cl)cc1. The summed E-state index contributed by atoms with van der Waals surface area (Å²) in [7, 11) is 0. The fourth-order valence-electron chi connectivity index (χ4n) is 2.93. The first-order valence-electron chi connectivity index (χ1n) is 10.3. The molecular formula is C23H24ClN5O3S. The summed E-state index contributed by atoms with van der Waals surface area (Å²) in [4.78, 5) is 47.5. The molecule has 0 aliphatic heterocycles. The molecule has 0 aliphatic carbocycles. The highest BCUT2D eigenvalue weighted by Gasteiger charge is 2.22. The molecule has 0 radical (unpaired) electrons. The number of hydrogen-bond acceptors (Lipinski definition) is 6. The number of carbonyl (C=O) groups excluding carboxylic acids is 3. The fraction of sp³-hybridized carbons (Fsp3) is 0.261. The Kier molecular flexibility index (Phi) is 8.51. The Bertz CT molecular complexity index is 1100. The molecule has 0 unspecified atom stereocenters. The first-order chi connectivity index (χ1) is 15.8. The molecule has 172 valence electrons. The molecule has 0 saturated heterocycles. The van der Waals surface area contributed by atoms with Crippen LogP contribution in [0.4, 0.5) is 5.13 Å². The van der Waals surface area contributed by atoms with Gasteiger partial charge in [-0.1, -0.05) is 17.7 Å². The van der Waals surface area contributed by atoms with E-state index >= 15 is 0 Å². The van der Waals surface area contributed by atoms with Crippen molar-refractivity contribution in [3.63, 3.8) is 0 Å². The molecule has 0 bridgehead atoms. The van der Waals surface area contributed by atoms with Gasteiger partial charge >= 0.3 is 0 Å². The van der Waals surface area contributed by atoms with E-state index in [1.807, 2.05) is 32.0 Å². The summed E-state index contributed by atoms with van der Waals surface area (Å²) in [5.41, 5.74) is 1.76. The molecule has 3 rings (SSSR count). The van der Waals surface area contributed by atoms with Crippen molar-refractivity contribution in [1.82, 2.24) is 20.2 Å². The Morgan fingerprint density at radius 2 is 1.82 bits per heavy atom. The molecule has 0 atom stereocenters. The first kappa shape index (κ1) is 24.3. The van der Waals surface area contributed by atoms with Gasteiger partial charge in [0.05, 0.1) is 24.4 Å². The molecule has 33 heavy (non-hydrogen) atoms. The minimum absolute atomic E-state index is 0.0897. The minimum atomic E-state index is -0.369. The van der Waals surface area contributed by atoms with Gasteiger partial charge in [0.1, 0.15) is 6.54 Å². The summed E-state index contributed by atoms with van der Waals surface area (Å²) in [6.07, 6.45) is 1.76. The van der Waals surface area contributed by atoms with E-state index in [9.17, 15) is 14.4 Å². The second kappa shape index (κ2) is 11.5. The number of benzene rings is 1. The molecule has 2 heterocycles. The molecular weight excluding hydrogens is 462 g/mol. The quantitative estimate of drug-likeness (QED) is 0.482. The van der Waals surface area contributed by atoms with Crippen LogP contribution in [0.1, 0.15) is 35.6 Å². The number of hydrogen-bond donors (Lipinski definition) is 2. The Morgan fingerprint density at radius 1 is 1.06 bits per heavy atom. The average molecular weight is 486 g/mol. The third-order valence-corrected chi connectivity index (χ3v) is 5.68. The van der Waals surface area contributed by atoms with Gasteiger partial charge in [-0.15, -0.1) is 11.3 Å². The van der Waals surface area contributed by atoms with Crippen molar-refractivity contribution in [2.75, 3.05) is 11.9 Å². The molecule has 8 nitrogen and oxygen atoms in total. The van der Waals surface area contributed by atoms with Crippen LogP contribution in [0, 0.1) is 0 Å². The van der Waals surface area contributed by atoms with E-state index in [-0.39, 0.29) is 36.7 Å². The number of thiazole rings is 1. The maximum Gasteiger partial charge on any atom is 0.254 e. The third-order valence-electron chi connectivity index (χ3n) is 4.62. The van der Waals surface area contributed by atoms with Crippen molar-refractivity contribution >= 4 is 45.8 Å². The van der Waals surface area contributed by atoms with E-state index < -0.39 is 0 Å². The molecule has 3 aromatic rings. The van der Waals surface area contributed by atoms with Crippen LogP contribution in [0.3, 0.4) is 0 Å². The zero-order valence-electron chi connectivity index (χ0n) is 18.2. The van der Waals surface area contributed by atoms with E-state index in [4.69, 9.17) is 11.6 Å². The standard InChI is InChI=1S/C23H24ClN5O3S/c1-15(2)29(22(32)16-6-8-17(24)9-7-16)13-21(31)28-23-27-19(14-33-23)11-20(30)26-12-18-5-3-4-10-25-18/h3-10,14-15H,11-13H2,1-2H3,(H,26,30)(H,27,28,31). The van der Waals surface area contributed by atoms with E-state index in [0.29, 0.717) is 28.0 Å². The van der Waals surface area contributed by atoms with E-state index in [0.717, 1.165) is 5.69 Å². The molecule has 0 fully saturated rings. The van der Waals surface area contributed by atoms with E-state index in [1.165, 1.54) is 16.2 Å². The number of aromatic nitrogens is 2. The number of pyridine rings is 1. The van der Waals surface area contributed by atoms with Gasteiger partial charge < -0.3 is 15.5 Å². The van der Waals surface area contributed by atoms with Crippen molar-refractivity contribution in [3.05, 3.63) is 76.0 Å². The van der Waals surface area contributed by atoms with E-state index in [1.54, 1.807) is 35.8 Å². The largest absolute Gasteiger partial charge is 0.350 e. The summed E-state index contributed by atoms with van der Waals surface area (Å²) in [5, 5.41) is 8.12. The average Bonchev–Trinajstić information content (AvgIpc) is 3.23. The highest BCUT2D eigenvalue weighted by molar-refractivity contribution is 7.13. The smallest absolute Gasteiger partial charge is 0.254 e. The molecule has 2 N–H and O–H groups in total. The van der Waals surface area contributed by atoms with Crippen LogP contribution in [0.15, 0.2) is 54.0 Å². The second-order valence-electron chi connectivity index (χ2n) is 7.50. The van der Waals surface area contributed by atoms with Crippen LogP contribution in [0.2, 0.25) is 5.02 Å². The number of nitrogens with one attached hydrogen (secondary N) is 2. The number of rotatable bonds is 9. The van der Waals surface area contributed by atoms with Crippen LogP contribution >= 0.6 is 22.9 Å². The molecule has 1 aromatic carbocycles. The predicted molar refractivity (Wildman–Crippen MR) is 128 cm³/mol. The molecule has 2 aromatic heterocycles. The van der Waals surface area contributed by atoms with Crippen molar-refractivity contribution in [2.24, 2.45) is 0 Å². The topological polar surface area (TPSA) is 104 Å². The first-order valence-corrected chi connectivity index (χ1v) is 11.5. The zero-order chi connectivity index (χ0) is 23.8.